The predicted molar refractivity (Wildman–Crippen MR) is 102 cm³/mol. The van der Waals surface area contributed by atoms with E-state index in [9.17, 15) is 5.11 Å². The minimum atomic E-state index is -0.567. The van der Waals surface area contributed by atoms with Gasteiger partial charge in [-0.15, -0.1) is 0 Å². The van der Waals surface area contributed by atoms with Crippen molar-refractivity contribution in [2.24, 2.45) is 17.8 Å². The van der Waals surface area contributed by atoms with Gasteiger partial charge in [0, 0.05) is 0 Å². The number of aliphatic hydroxyl groups is 1. The highest BCUT2D eigenvalue weighted by Gasteiger charge is 2.38. The number of benzene rings is 1. The zero-order valence-electron chi connectivity index (χ0n) is 15.8. The van der Waals surface area contributed by atoms with Crippen molar-refractivity contribution in [1.29, 1.82) is 0 Å². The van der Waals surface area contributed by atoms with E-state index in [0.717, 1.165) is 42.6 Å². The first-order chi connectivity index (χ1) is 11.6. The van der Waals surface area contributed by atoms with Crippen LogP contribution in [0.4, 0.5) is 0 Å². The van der Waals surface area contributed by atoms with E-state index in [0.29, 0.717) is 0 Å². The van der Waals surface area contributed by atoms with Gasteiger partial charge in [-0.25, -0.2) is 0 Å². The van der Waals surface area contributed by atoms with Gasteiger partial charge in [-0.1, -0.05) is 63.8 Å². The van der Waals surface area contributed by atoms with Crippen LogP contribution in [0.3, 0.4) is 0 Å². The number of hydrogen-bond donors (Lipinski definition) is 1. The lowest BCUT2D eigenvalue weighted by Gasteiger charge is -2.41. The molecule has 0 aliphatic heterocycles. The largest absolute Gasteiger partial charge is 0.385 e. The van der Waals surface area contributed by atoms with Crippen LogP contribution in [0.2, 0.25) is 0 Å². The third-order valence-corrected chi connectivity index (χ3v) is 7.01. The van der Waals surface area contributed by atoms with Gasteiger partial charge < -0.3 is 5.11 Å². The summed E-state index contributed by atoms with van der Waals surface area (Å²) >= 11 is 0. The Morgan fingerprint density at radius 2 is 1.46 bits per heavy atom. The Morgan fingerprint density at radius 1 is 0.875 bits per heavy atom. The van der Waals surface area contributed by atoms with Crippen LogP contribution in [0.1, 0.15) is 89.2 Å². The van der Waals surface area contributed by atoms with Crippen molar-refractivity contribution in [3.05, 3.63) is 35.4 Å². The second-order valence-corrected chi connectivity index (χ2v) is 8.49. The molecule has 1 nitrogen and oxygen atoms in total. The first-order valence-corrected chi connectivity index (χ1v) is 10.5. The zero-order chi connectivity index (χ0) is 17.0. The molecule has 0 amide bonds. The van der Waals surface area contributed by atoms with Gasteiger partial charge in [-0.3, -0.25) is 0 Å². The number of hydrogen-bond acceptors (Lipinski definition) is 1. The molecule has 1 aromatic carbocycles. The standard InChI is InChI=1S/C23H36O/c1-3-5-19-6-10-20(11-7-19)21-14-16-23(24,17-15-21)22-12-8-18(4-2)9-13-22/h8-9,12-13,19-21,24H,3-7,10-11,14-17H2,1-2H3. The minimum absolute atomic E-state index is 0.567. The second-order valence-electron chi connectivity index (χ2n) is 8.49. The van der Waals surface area contributed by atoms with Crippen LogP contribution in [-0.4, -0.2) is 5.11 Å². The van der Waals surface area contributed by atoms with E-state index in [-0.39, 0.29) is 0 Å². The van der Waals surface area contributed by atoms with Crippen molar-refractivity contribution in [2.45, 2.75) is 90.1 Å². The molecule has 0 atom stereocenters. The third-order valence-electron chi connectivity index (χ3n) is 7.01. The molecule has 1 aromatic rings. The highest BCUT2D eigenvalue weighted by atomic mass is 16.3. The summed E-state index contributed by atoms with van der Waals surface area (Å²) in [6.07, 6.45) is 14.0. The van der Waals surface area contributed by atoms with Gasteiger partial charge in [0.1, 0.15) is 0 Å². The van der Waals surface area contributed by atoms with Crippen molar-refractivity contribution in [3.8, 4) is 0 Å². The monoisotopic (exact) mass is 328 g/mol. The third kappa shape index (κ3) is 4.04. The lowest BCUT2D eigenvalue weighted by molar-refractivity contribution is -0.0260. The molecule has 2 saturated carbocycles. The normalized spacial score (nSPS) is 34.2. The van der Waals surface area contributed by atoms with Crippen molar-refractivity contribution in [2.75, 3.05) is 0 Å². The van der Waals surface area contributed by atoms with E-state index in [1.165, 1.54) is 56.9 Å². The molecule has 2 aliphatic carbocycles. The molecule has 0 spiro atoms. The molecular formula is C23H36O. The fourth-order valence-corrected chi connectivity index (χ4v) is 5.29. The Hall–Kier alpha value is -0.820. The van der Waals surface area contributed by atoms with E-state index >= 15 is 0 Å². The average Bonchev–Trinajstić information content (AvgIpc) is 2.63. The van der Waals surface area contributed by atoms with Gasteiger partial charge in [0.15, 0.2) is 0 Å². The molecular weight excluding hydrogens is 292 g/mol. The first-order valence-electron chi connectivity index (χ1n) is 10.5. The van der Waals surface area contributed by atoms with Gasteiger partial charge in [-0.2, -0.15) is 0 Å². The molecule has 0 heterocycles. The van der Waals surface area contributed by atoms with Crippen LogP contribution >= 0.6 is 0 Å². The lowest BCUT2D eigenvalue weighted by Crippen LogP contribution is -2.34. The fraction of sp³-hybridized carbons (Fsp3) is 0.739. The zero-order valence-corrected chi connectivity index (χ0v) is 15.8. The second kappa shape index (κ2) is 8.04. The van der Waals surface area contributed by atoms with Crippen LogP contribution in [0, 0.1) is 17.8 Å². The van der Waals surface area contributed by atoms with Crippen molar-refractivity contribution >= 4 is 0 Å². The summed E-state index contributed by atoms with van der Waals surface area (Å²) < 4.78 is 0. The minimum Gasteiger partial charge on any atom is -0.385 e. The summed E-state index contributed by atoms with van der Waals surface area (Å²) in [5.41, 5.74) is 1.94. The van der Waals surface area contributed by atoms with E-state index < -0.39 is 5.60 Å². The first kappa shape index (κ1) is 18.0. The quantitative estimate of drug-likeness (QED) is 0.679. The van der Waals surface area contributed by atoms with E-state index in [1.807, 2.05) is 0 Å². The summed E-state index contributed by atoms with van der Waals surface area (Å²) in [6, 6.07) is 8.70. The number of aryl methyl sites for hydroxylation is 1. The Labute approximate surface area is 148 Å². The van der Waals surface area contributed by atoms with E-state index in [4.69, 9.17) is 0 Å². The Balaban J connectivity index is 1.53. The van der Waals surface area contributed by atoms with Crippen molar-refractivity contribution < 1.29 is 5.11 Å². The maximum Gasteiger partial charge on any atom is 0.0896 e. The smallest absolute Gasteiger partial charge is 0.0896 e. The molecule has 24 heavy (non-hydrogen) atoms. The molecule has 3 rings (SSSR count). The predicted octanol–water partition coefficient (Wildman–Crippen LogP) is 6.23. The number of rotatable bonds is 5. The Bertz CT molecular complexity index is 487. The average molecular weight is 329 g/mol. The lowest BCUT2D eigenvalue weighted by atomic mass is 9.66. The van der Waals surface area contributed by atoms with Crippen LogP contribution in [-0.2, 0) is 12.0 Å². The van der Waals surface area contributed by atoms with Crippen molar-refractivity contribution in [1.82, 2.24) is 0 Å². The van der Waals surface area contributed by atoms with E-state index in [2.05, 4.69) is 38.1 Å². The summed E-state index contributed by atoms with van der Waals surface area (Å²) in [6.45, 7) is 4.51. The molecule has 2 fully saturated rings. The van der Waals surface area contributed by atoms with Gasteiger partial charge in [0.25, 0.3) is 0 Å². The molecule has 0 bridgehead atoms. The van der Waals surface area contributed by atoms with Crippen molar-refractivity contribution in [3.63, 3.8) is 0 Å². The van der Waals surface area contributed by atoms with E-state index in [1.54, 1.807) is 0 Å². The van der Waals surface area contributed by atoms with Crippen LogP contribution in [0.15, 0.2) is 24.3 Å². The maximum absolute atomic E-state index is 11.1. The van der Waals surface area contributed by atoms with Gasteiger partial charge in [0.2, 0.25) is 0 Å². The summed E-state index contributed by atoms with van der Waals surface area (Å²) in [7, 11) is 0. The molecule has 0 unspecified atom stereocenters. The summed E-state index contributed by atoms with van der Waals surface area (Å²) in [5, 5.41) is 11.1. The Morgan fingerprint density at radius 3 is 2.00 bits per heavy atom. The van der Waals surface area contributed by atoms with Crippen LogP contribution < -0.4 is 0 Å². The molecule has 0 saturated heterocycles. The molecule has 0 radical (unpaired) electrons. The molecule has 1 heteroatoms. The highest BCUT2D eigenvalue weighted by Crippen LogP contribution is 2.46. The Kier molecular flexibility index (Phi) is 6.02. The van der Waals surface area contributed by atoms with Crippen LogP contribution in [0.5, 0.6) is 0 Å². The molecule has 1 N–H and O–H groups in total. The molecule has 134 valence electrons. The summed E-state index contributed by atoms with van der Waals surface area (Å²) in [4.78, 5) is 0. The molecule has 2 aliphatic rings. The summed E-state index contributed by atoms with van der Waals surface area (Å²) in [5.74, 6) is 2.80. The fourth-order valence-electron chi connectivity index (χ4n) is 5.29. The van der Waals surface area contributed by atoms with Gasteiger partial charge in [0.05, 0.1) is 5.60 Å². The highest BCUT2D eigenvalue weighted by molar-refractivity contribution is 5.27. The topological polar surface area (TPSA) is 20.2 Å². The molecule has 0 aromatic heterocycles. The SMILES string of the molecule is CCCC1CCC(C2CCC(O)(c3ccc(CC)cc3)CC2)CC1. The maximum atomic E-state index is 11.1. The van der Waals surface area contributed by atoms with Gasteiger partial charge in [-0.05, 0) is 73.8 Å². The van der Waals surface area contributed by atoms with Crippen LogP contribution in [0.25, 0.3) is 0 Å². The van der Waals surface area contributed by atoms with Gasteiger partial charge >= 0.3 is 0 Å².